The molecule has 0 radical (unpaired) electrons. The number of nitrogens with zero attached hydrogens (tertiary/aromatic N) is 1. The van der Waals surface area contributed by atoms with Crippen molar-refractivity contribution < 1.29 is 22.4 Å². The fourth-order valence-electron chi connectivity index (χ4n) is 1.77. The maximum atomic E-state index is 13.1. The number of halogens is 4. The molecule has 3 nitrogen and oxygen atoms in total. The second-order valence-corrected chi connectivity index (χ2v) is 3.90. The normalized spacial score (nSPS) is 16.7. The third-order valence-corrected chi connectivity index (χ3v) is 2.65. The van der Waals surface area contributed by atoms with Crippen molar-refractivity contribution in [2.24, 2.45) is 0 Å². The van der Waals surface area contributed by atoms with E-state index in [9.17, 15) is 22.4 Å². The number of alkyl halides is 3. The number of urea groups is 1. The summed E-state index contributed by atoms with van der Waals surface area (Å²) < 4.78 is 50.7. The molecule has 7 heteroatoms. The van der Waals surface area contributed by atoms with Gasteiger partial charge in [-0.1, -0.05) is 0 Å². The molecule has 0 bridgehead atoms. The Labute approximate surface area is 100 Å². The van der Waals surface area contributed by atoms with Gasteiger partial charge in [0.25, 0.3) is 0 Å². The molecular formula is C11H10F4N2O. The van der Waals surface area contributed by atoms with Crippen LogP contribution in [0.1, 0.15) is 12.0 Å². The van der Waals surface area contributed by atoms with Gasteiger partial charge in [-0.25, -0.2) is 9.18 Å². The number of nitrogens with one attached hydrogen (secondary N) is 1. The van der Waals surface area contributed by atoms with Crippen LogP contribution in [-0.2, 0) is 6.18 Å². The van der Waals surface area contributed by atoms with E-state index in [1.165, 1.54) is 0 Å². The van der Waals surface area contributed by atoms with Gasteiger partial charge in [-0.2, -0.15) is 13.2 Å². The Morgan fingerprint density at radius 3 is 2.61 bits per heavy atom. The fourth-order valence-corrected chi connectivity index (χ4v) is 1.77. The summed E-state index contributed by atoms with van der Waals surface area (Å²) in [5.74, 6) is -1.34. The summed E-state index contributed by atoms with van der Waals surface area (Å²) in [5, 5.41) is 2.52. The van der Waals surface area contributed by atoms with E-state index in [0.717, 1.165) is 17.0 Å². The molecule has 1 aromatic carbocycles. The van der Waals surface area contributed by atoms with Crippen molar-refractivity contribution in [3.63, 3.8) is 0 Å². The zero-order valence-corrected chi connectivity index (χ0v) is 9.22. The molecule has 1 aromatic rings. The van der Waals surface area contributed by atoms with Gasteiger partial charge in [0.05, 0.1) is 5.56 Å². The Bertz CT molecular complexity index is 473. The molecule has 0 aliphatic carbocycles. The van der Waals surface area contributed by atoms with E-state index in [4.69, 9.17) is 0 Å². The van der Waals surface area contributed by atoms with Crippen LogP contribution in [0.2, 0.25) is 0 Å². The van der Waals surface area contributed by atoms with Gasteiger partial charge < -0.3 is 5.32 Å². The molecule has 0 spiro atoms. The van der Waals surface area contributed by atoms with Gasteiger partial charge in [0.1, 0.15) is 5.82 Å². The van der Waals surface area contributed by atoms with Crippen molar-refractivity contribution in [2.45, 2.75) is 12.6 Å². The third kappa shape index (κ3) is 2.39. The van der Waals surface area contributed by atoms with Crippen LogP contribution in [0.5, 0.6) is 0 Å². The quantitative estimate of drug-likeness (QED) is 0.775. The molecule has 98 valence electrons. The largest absolute Gasteiger partial charge is 0.419 e. The highest BCUT2D eigenvalue weighted by molar-refractivity contribution is 5.92. The van der Waals surface area contributed by atoms with Gasteiger partial charge in [-0.15, -0.1) is 0 Å². The summed E-state index contributed by atoms with van der Waals surface area (Å²) in [5.41, 5.74) is -1.32. The van der Waals surface area contributed by atoms with Crippen LogP contribution >= 0.6 is 0 Å². The van der Waals surface area contributed by atoms with E-state index in [1.807, 2.05) is 0 Å². The van der Waals surface area contributed by atoms with Gasteiger partial charge in [-0.05, 0) is 24.6 Å². The first kappa shape index (κ1) is 12.7. The summed E-state index contributed by atoms with van der Waals surface area (Å²) >= 11 is 0. The average Bonchev–Trinajstić information content (AvgIpc) is 2.29. The molecule has 2 amide bonds. The molecule has 0 saturated carbocycles. The minimum absolute atomic E-state index is 0.0425. The summed E-state index contributed by atoms with van der Waals surface area (Å²) in [4.78, 5) is 12.6. The number of benzene rings is 1. The molecule has 1 heterocycles. The van der Waals surface area contributed by atoms with Crippen molar-refractivity contribution in [1.82, 2.24) is 5.32 Å². The molecule has 1 saturated heterocycles. The van der Waals surface area contributed by atoms with Crippen LogP contribution in [0.4, 0.5) is 28.0 Å². The van der Waals surface area contributed by atoms with Crippen molar-refractivity contribution >= 4 is 11.7 Å². The van der Waals surface area contributed by atoms with Crippen molar-refractivity contribution in [3.05, 3.63) is 29.6 Å². The number of rotatable bonds is 1. The fraction of sp³-hybridized carbons (Fsp3) is 0.364. The Kier molecular flexibility index (Phi) is 3.14. The number of carbonyl (C=O) groups is 1. The molecule has 0 unspecified atom stereocenters. The van der Waals surface area contributed by atoms with Gasteiger partial charge >= 0.3 is 12.2 Å². The van der Waals surface area contributed by atoms with Crippen molar-refractivity contribution in [2.75, 3.05) is 18.0 Å². The first-order chi connectivity index (χ1) is 8.39. The number of amides is 2. The Morgan fingerprint density at radius 1 is 1.28 bits per heavy atom. The van der Waals surface area contributed by atoms with E-state index in [2.05, 4.69) is 5.32 Å². The SMILES string of the molecule is O=C1NCCCN1c1ccc(F)c(C(F)(F)F)c1. The smallest absolute Gasteiger partial charge is 0.338 e. The molecule has 2 rings (SSSR count). The molecule has 1 aliphatic heterocycles. The predicted molar refractivity (Wildman–Crippen MR) is 56.8 cm³/mol. The first-order valence-corrected chi connectivity index (χ1v) is 5.32. The van der Waals surface area contributed by atoms with Crippen LogP contribution in [0.25, 0.3) is 0 Å². The predicted octanol–water partition coefficient (Wildman–Crippen LogP) is 2.76. The molecule has 18 heavy (non-hydrogen) atoms. The van der Waals surface area contributed by atoms with E-state index in [0.29, 0.717) is 25.6 Å². The maximum absolute atomic E-state index is 13.1. The van der Waals surface area contributed by atoms with E-state index >= 15 is 0 Å². The summed E-state index contributed by atoms with van der Waals surface area (Å²) in [7, 11) is 0. The minimum Gasteiger partial charge on any atom is -0.338 e. The van der Waals surface area contributed by atoms with Gasteiger partial charge in [-0.3, -0.25) is 4.90 Å². The number of carbonyl (C=O) groups excluding carboxylic acids is 1. The van der Waals surface area contributed by atoms with Crippen LogP contribution in [0, 0.1) is 5.82 Å². The van der Waals surface area contributed by atoms with Gasteiger partial charge in [0.15, 0.2) is 0 Å². The summed E-state index contributed by atoms with van der Waals surface area (Å²) in [6, 6.07) is 2.07. The Balaban J connectivity index is 2.37. The zero-order valence-electron chi connectivity index (χ0n) is 9.22. The van der Waals surface area contributed by atoms with Crippen LogP contribution in [0.3, 0.4) is 0 Å². The summed E-state index contributed by atoms with van der Waals surface area (Å²) in [6.07, 6.45) is -4.14. The minimum atomic E-state index is -4.77. The second-order valence-electron chi connectivity index (χ2n) is 3.90. The molecular weight excluding hydrogens is 252 g/mol. The van der Waals surface area contributed by atoms with Gasteiger partial charge in [0.2, 0.25) is 0 Å². The van der Waals surface area contributed by atoms with E-state index < -0.39 is 23.6 Å². The third-order valence-electron chi connectivity index (χ3n) is 2.65. The Hall–Kier alpha value is -1.79. The zero-order chi connectivity index (χ0) is 13.3. The highest BCUT2D eigenvalue weighted by Crippen LogP contribution is 2.34. The highest BCUT2D eigenvalue weighted by Gasteiger charge is 2.35. The second kappa shape index (κ2) is 4.47. The first-order valence-electron chi connectivity index (χ1n) is 5.32. The molecule has 1 fully saturated rings. The number of hydrogen-bond donors (Lipinski definition) is 1. The lowest BCUT2D eigenvalue weighted by atomic mass is 10.1. The molecule has 0 atom stereocenters. The number of anilines is 1. The maximum Gasteiger partial charge on any atom is 0.419 e. The molecule has 0 aromatic heterocycles. The topological polar surface area (TPSA) is 32.3 Å². The van der Waals surface area contributed by atoms with Crippen molar-refractivity contribution in [3.8, 4) is 0 Å². The van der Waals surface area contributed by atoms with E-state index in [-0.39, 0.29) is 5.69 Å². The average molecular weight is 262 g/mol. The lowest BCUT2D eigenvalue weighted by Crippen LogP contribution is -2.46. The number of hydrogen-bond acceptors (Lipinski definition) is 1. The lowest BCUT2D eigenvalue weighted by molar-refractivity contribution is -0.139. The lowest BCUT2D eigenvalue weighted by Gasteiger charge is -2.28. The molecule has 1 N–H and O–H groups in total. The van der Waals surface area contributed by atoms with Gasteiger partial charge in [0, 0.05) is 18.8 Å². The van der Waals surface area contributed by atoms with Crippen LogP contribution in [0.15, 0.2) is 18.2 Å². The van der Waals surface area contributed by atoms with Crippen LogP contribution < -0.4 is 10.2 Å². The monoisotopic (exact) mass is 262 g/mol. The van der Waals surface area contributed by atoms with Crippen molar-refractivity contribution in [1.29, 1.82) is 0 Å². The van der Waals surface area contributed by atoms with Crippen LogP contribution in [-0.4, -0.2) is 19.1 Å². The highest BCUT2D eigenvalue weighted by atomic mass is 19.4. The standard InChI is InChI=1S/C11H10F4N2O/c12-9-3-2-7(6-8(9)11(13,14)15)17-5-1-4-16-10(17)18/h2-3,6H,1,4-5H2,(H,16,18). The Morgan fingerprint density at radius 2 is 2.00 bits per heavy atom. The summed E-state index contributed by atoms with van der Waals surface area (Å²) in [6.45, 7) is 0.803. The van der Waals surface area contributed by atoms with E-state index in [1.54, 1.807) is 0 Å². The molecule has 1 aliphatic rings.